The molecule has 2 N–H and O–H groups in total. The van der Waals surface area contributed by atoms with Crippen molar-refractivity contribution in [2.45, 2.75) is 19.8 Å². The second-order valence-electron chi connectivity index (χ2n) is 5.84. The number of amides is 1. The molecule has 3 rings (SSSR count). The zero-order valence-corrected chi connectivity index (χ0v) is 12.0. The number of nitrogens with one attached hydrogen (secondary N) is 1. The molecular weight excluding hydrogens is 266 g/mol. The third-order valence-corrected chi connectivity index (χ3v) is 4.70. The van der Waals surface area contributed by atoms with Crippen LogP contribution in [0.15, 0.2) is 36.4 Å². The molecule has 21 heavy (non-hydrogen) atoms. The van der Waals surface area contributed by atoms with Gasteiger partial charge in [-0.1, -0.05) is 37.3 Å². The van der Waals surface area contributed by atoms with Gasteiger partial charge in [-0.2, -0.15) is 0 Å². The predicted octanol–water partition coefficient (Wildman–Crippen LogP) is 2.71. The first kappa shape index (κ1) is 13.9. The highest BCUT2D eigenvalue weighted by molar-refractivity contribution is 5.96. The van der Waals surface area contributed by atoms with Crippen LogP contribution < -0.4 is 5.32 Å². The van der Waals surface area contributed by atoms with Crippen molar-refractivity contribution in [1.29, 1.82) is 0 Å². The number of aryl methyl sites for hydroxylation is 1. The number of rotatable bonds is 4. The highest BCUT2D eigenvalue weighted by Gasteiger charge is 2.51. The summed E-state index contributed by atoms with van der Waals surface area (Å²) in [5.41, 5.74) is 1.86. The second-order valence-corrected chi connectivity index (χ2v) is 5.84. The standard InChI is InChI=1S/C17H19NO3/c1-2-10-5-3-4-6-13(10)18-16(19)14-11-7-8-12(9-11)15(14)17(20)21/h3-8,11-12,14-15H,2,9H2,1H3,(H,18,19)(H,20,21)/t11-,12-,14+,15-/m0/s1. The van der Waals surface area contributed by atoms with Gasteiger partial charge in [-0.05, 0) is 36.3 Å². The summed E-state index contributed by atoms with van der Waals surface area (Å²) in [6, 6.07) is 7.67. The molecule has 0 aromatic heterocycles. The highest BCUT2D eigenvalue weighted by atomic mass is 16.4. The fourth-order valence-corrected chi connectivity index (χ4v) is 3.68. The van der Waals surface area contributed by atoms with Crippen LogP contribution in [0.4, 0.5) is 5.69 Å². The van der Waals surface area contributed by atoms with Crippen LogP contribution in [0, 0.1) is 23.7 Å². The Morgan fingerprint density at radius 1 is 1.19 bits per heavy atom. The normalized spacial score (nSPS) is 29.6. The molecule has 1 amide bonds. The molecule has 2 aliphatic carbocycles. The number of carbonyl (C=O) groups excluding carboxylic acids is 1. The molecule has 0 aliphatic heterocycles. The first-order valence-corrected chi connectivity index (χ1v) is 7.41. The topological polar surface area (TPSA) is 66.4 Å². The van der Waals surface area contributed by atoms with E-state index in [1.165, 1.54) is 0 Å². The van der Waals surface area contributed by atoms with Crippen molar-refractivity contribution < 1.29 is 14.7 Å². The van der Waals surface area contributed by atoms with E-state index in [9.17, 15) is 14.7 Å². The minimum atomic E-state index is -0.865. The van der Waals surface area contributed by atoms with Gasteiger partial charge in [0, 0.05) is 5.69 Å². The number of para-hydroxylation sites is 1. The van der Waals surface area contributed by atoms with Gasteiger partial charge in [0.25, 0.3) is 0 Å². The highest BCUT2D eigenvalue weighted by Crippen LogP contribution is 2.48. The Bertz CT molecular complexity index is 608. The Labute approximate surface area is 123 Å². The fourth-order valence-electron chi connectivity index (χ4n) is 3.68. The maximum Gasteiger partial charge on any atom is 0.307 e. The molecule has 2 bridgehead atoms. The Morgan fingerprint density at radius 3 is 2.52 bits per heavy atom. The monoisotopic (exact) mass is 285 g/mol. The second kappa shape index (κ2) is 5.35. The van der Waals surface area contributed by atoms with Crippen LogP contribution in [0.2, 0.25) is 0 Å². The smallest absolute Gasteiger partial charge is 0.307 e. The van der Waals surface area contributed by atoms with Crippen molar-refractivity contribution in [3.05, 3.63) is 42.0 Å². The van der Waals surface area contributed by atoms with Gasteiger partial charge in [0.15, 0.2) is 0 Å². The quantitative estimate of drug-likeness (QED) is 0.836. The minimum absolute atomic E-state index is 0.00432. The van der Waals surface area contributed by atoms with Crippen LogP contribution in [0.3, 0.4) is 0 Å². The van der Waals surface area contributed by atoms with Gasteiger partial charge in [-0.25, -0.2) is 0 Å². The number of anilines is 1. The maximum absolute atomic E-state index is 12.6. The lowest BCUT2D eigenvalue weighted by atomic mass is 9.82. The summed E-state index contributed by atoms with van der Waals surface area (Å²) in [7, 11) is 0. The van der Waals surface area contributed by atoms with E-state index in [-0.39, 0.29) is 17.7 Å². The lowest BCUT2D eigenvalue weighted by Crippen LogP contribution is -2.36. The van der Waals surface area contributed by atoms with Gasteiger partial charge >= 0.3 is 5.97 Å². The summed E-state index contributed by atoms with van der Waals surface area (Å²) in [4.78, 5) is 24.0. The third kappa shape index (κ3) is 2.35. The molecule has 0 saturated heterocycles. The van der Waals surface area contributed by atoms with Crippen LogP contribution >= 0.6 is 0 Å². The fraction of sp³-hybridized carbons (Fsp3) is 0.412. The molecule has 2 aliphatic rings. The molecule has 4 nitrogen and oxygen atoms in total. The maximum atomic E-state index is 12.6. The number of benzene rings is 1. The van der Waals surface area contributed by atoms with Crippen molar-refractivity contribution in [3.8, 4) is 0 Å². The van der Waals surface area contributed by atoms with Gasteiger partial charge in [-0.15, -0.1) is 0 Å². The van der Waals surface area contributed by atoms with Crippen molar-refractivity contribution in [2.24, 2.45) is 23.7 Å². The molecule has 4 atom stereocenters. The van der Waals surface area contributed by atoms with E-state index in [1.54, 1.807) is 0 Å². The number of carboxylic acid groups (broad SMARTS) is 1. The largest absolute Gasteiger partial charge is 0.481 e. The lowest BCUT2D eigenvalue weighted by molar-refractivity contribution is -0.146. The average molecular weight is 285 g/mol. The molecule has 1 aromatic rings. The average Bonchev–Trinajstić information content (AvgIpc) is 3.08. The molecule has 1 aromatic carbocycles. The zero-order valence-electron chi connectivity index (χ0n) is 12.0. The van der Waals surface area contributed by atoms with Crippen molar-refractivity contribution in [3.63, 3.8) is 0 Å². The van der Waals surface area contributed by atoms with Crippen LogP contribution in [0.25, 0.3) is 0 Å². The van der Waals surface area contributed by atoms with Crippen molar-refractivity contribution in [2.75, 3.05) is 5.32 Å². The molecule has 0 radical (unpaired) electrons. The number of carbonyl (C=O) groups is 2. The SMILES string of the molecule is CCc1ccccc1NC(=O)[C@H]1[C@@H](C(=O)O)[C@H]2C=C[C@H]1C2. The van der Waals surface area contributed by atoms with Gasteiger partial charge in [-0.3, -0.25) is 9.59 Å². The van der Waals surface area contributed by atoms with Crippen LogP contribution in [-0.2, 0) is 16.0 Å². The van der Waals surface area contributed by atoms with Crippen molar-refractivity contribution >= 4 is 17.6 Å². The summed E-state index contributed by atoms with van der Waals surface area (Å²) in [6.45, 7) is 2.03. The summed E-state index contributed by atoms with van der Waals surface area (Å²) in [6.07, 6.45) is 5.56. The van der Waals surface area contributed by atoms with E-state index in [2.05, 4.69) is 5.32 Å². The molecule has 110 valence electrons. The molecule has 0 unspecified atom stereocenters. The Hall–Kier alpha value is -2.10. The summed E-state index contributed by atoms with van der Waals surface area (Å²) < 4.78 is 0. The van der Waals surface area contributed by atoms with Crippen LogP contribution in [-0.4, -0.2) is 17.0 Å². The Kier molecular flexibility index (Phi) is 3.53. The number of fused-ring (bicyclic) bond motifs is 2. The van der Waals surface area contributed by atoms with E-state index in [4.69, 9.17) is 0 Å². The van der Waals surface area contributed by atoms with E-state index >= 15 is 0 Å². The van der Waals surface area contributed by atoms with Gasteiger partial charge < -0.3 is 10.4 Å². The summed E-state index contributed by atoms with van der Waals surface area (Å²) in [5.74, 6) is -2.01. The van der Waals surface area contributed by atoms with E-state index in [0.29, 0.717) is 0 Å². The Morgan fingerprint density at radius 2 is 1.86 bits per heavy atom. The molecule has 0 spiro atoms. The third-order valence-electron chi connectivity index (χ3n) is 4.70. The van der Waals surface area contributed by atoms with Crippen LogP contribution in [0.5, 0.6) is 0 Å². The van der Waals surface area contributed by atoms with E-state index in [0.717, 1.165) is 24.1 Å². The number of allylic oxidation sites excluding steroid dienone is 2. The van der Waals surface area contributed by atoms with Crippen LogP contribution in [0.1, 0.15) is 18.9 Å². The van der Waals surface area contributed by atoms with Gasteiger partial charge in [0.2, 0.25) is 5.91 Å². The molecule has 1 fully saturated rings. The number of hydrogen-bond acceptors (Lipinski definition) is 2. The van der Waals surface area contributed by atoms with Gasteiger partial charge in [0.1, 0.15) is 0 Å². The predicted molar refractivity (Wildman–Crippen MR) is 79.8 cm³/mol. The first-order chi connectivity index (χ1) is 10.1. The van der Waals surface area contributed by atoms with E-state index < -0.39 is 17.8 Å². The zero-order chi connectivity index (χ0) is 15.0. The summed E-state index contributed by atoms with van der Waals surface area (Å²) >= 11 is 0. The first-order valence-electron chi connectivity index (χ1n) is 7.41. The molecular formula is C17H19NO3. The molecule has 1 saturated carbocycles. The van der Waals surface area contributed by atoms with E-state index in [1.807, 2.05) is 43.3 Å². The Balaban J connectivity index is 1.82. The number of aliphatic carboxylic acids is 1. The summed E-state index contributed by atoms with van der Waals surface area (Å²) in [5, 5.41) is 12.3. The molecule has 4 heteroatoms. The van der Waals surface area contributed by atoms with Crippen molar-refractivity contribution in [1.82, 2.24) is 0 Å². The van der Waals surface area contributed by atoms with Gasteiger partial charge in [0.05, 0.1) is 11.8 Å². The molecule has 0 heterocycles. The lowest BCUT2D eigenvalue weighted by Gasteiger charge is -2.24. The number of hydrogen-bond donors (Lipinski definition) is 2. The minimum Gasteiger partial charge on any atom is -0.481 e. The number of carboxylic acids is 1.